The van der Waals surface area contributed by atoms with Gasteiger partial charge in [0.25, 0.3) is 0 Å². The Balaban J connectivity index is 2.43. The first-order chi connectivity index (χ1) is 8.45. The fraction of sp³-hybridized carbons (Fsp3) is 0.833. The normalized spacial score (nSPS) is 27.9. The van der Waals surface area contributed by atoms with Crippen molar-refractivity contribution in [3.63, 3.8) is 0 Å². The predicted octanol–water partition coefficient (Wildman–Crippen LogP) is 1.49. The van der Waals surface area contributed by atoms with Crippen molar-refractivity contribution in [2.45, 2.75) is 51.8 Å². The van der Waals surface area contributed by atoms with Crippen LogP contribution in [0.3, 0.4) is 0 Å². The fourth-order valence-electron chi connectivity index (χ4n) is 2.42. The smallest absolute Gasteiger partial charge is 0.407 e. The number of nitrogens with zero attached hydrogens (tertiary/aromatic N) is 1. The van der Waals surface area contributed by atoms with Gasteiger partial charge in [0, 0.05) is 12.1 Å². The Morgan fingerprint density at radius 1 is 1.28 bits per heavy atom. The molecule has 1 amide bonds. The van der Waals surface area contributed by atoms with E-state index in [1.165, 1.54) is 4.90 Å². The molecule has 1 heterocycles. The molecule has 1 unspecified atom stereocenters. The molecule has 1 N–H and O–H groups in total. The van der Waals surface area contributed by atoms with Gasteiger partial charge in [-0.25, -0.2) is 9.59 Å². The number of carbonyl (C=O) groups is 2. The minimum atomic E-state index is -0.904. The highest BCUT2D eigenvalue weighted by atomic mass is 16.6. The van der Waals surface area contributed by atoms with E-state index in [2.05, 4.69) is 0 Å². The third-order valence-corrected chi connectivity index (χ3v) is 3.12. The number of carboxylic acid groups (broad SMARTS) is 1. The van der Waals surface area contributed by atoms with E-state index in [0.29, 0.717) is 19.4 Å². The summed E-state index contributed by atoms with van der Waals surface area (Å²) in [5.41, 5.74) is 0. The van der Waals surface area contributed by atoms with Crippen LogP contribution in [-0.2, 0) is 14.3 Å². The summed E-state index contributed by atoms with van der Waals surface area (Å²) in [4.78, 5) is 23.6. The molecule has 6 heteroatoms. The highest BCUT2D eigenvalue weighted by Gasteiger charge is 2.34. The van der Waals surface area contributed by atoms with Crippen LogP contribution in [0.5, 0.6) is 0 Å². The third-order valence-electron chi connectivity index (χ3n) is 3.12. The number of rotatable bonds is 4. The molecule has 3 atom stereocenters. The van der Waals surface area contributed by atoms with Crippen molar-refractivity contribution in [2.75, 3.05) is 13.2 Å². The molecule has 0 aliphatic carbocycles. The number of likely N-dealkylation sites (tertiary alicyclic amines) is 1. The summed E-state index contributed by atoms with van der Waals surface area (Å²) >= 11 is 0. The second kappa shape index (κ2) is 6.58. The van der Waals surface area contributed by atoms with E-state index in [-0.39, 0.29) is 30.8 Å². The topological polar surface area (TPSA) is 76.1 Å². The van der Waals surface area contributed by atoms with Crippen LogP contribution in [0, 0.1) is 0 Å². The maximum atomic E-state index is 11.2. The van der Waals surface area contributed by atoms with E-state index in [4.69, 9.17) is 14.6 Å². The Hall–Kier alpha value is -1.30. The minimum absolute atomic E-state index is 0.0645. The molecule has 1 aliphatic rings. The Morgan fingerprint density at radius 2 is 1.83 bits per heavy atom. The largest absolute Gasteiger partial charge is 0.465 e. The highest BCUT2D eigenvalue weighted by Crippen LogP contribution is 2.25. The molecule has 1 rings (SSSR count). The Morgan fingerprint density at radius 3 is 2.28 bits per heavy atom. The summed E-state index contributed by atoms with van der Waals surface area (Å²) in [6, 6.07) is -0.197. The first kappa shape index (κ1) is 14.8. The first-order valence-corrected chi connectivity index (χ1v) is 6.24. The van der Waals surface area contributed by atoms with Gasteiger partial charge in [-0.2, -0.15) is 0 Å². The van der Waals surface area contributed by atoms with Crippen molar-refractivity contribution in [3.05, 3.63) is 0 Å². The van der Waals surface area contributed by atoms with Crippen LogP contribution in [0.15, 0.2) is 0 Å². The molecule has 0 spiro atoms. The molecule has 0 aromatic heterocycles. The lowest BCUT2D eigenvalue weighted by Crippen LogP contribution is -2.51. The van der Waals surface area contributed by atoms with E-state index < -0.39 is 6.09 Å². The standard InChI is InChI=1S/C12H21NO5/c1-4-17-11(14)7-18-10-5-8(2)13(12(15)16)9(3)6-10/h8-10H,4-7H2,1-3H3,(H,15,16)/t8-,9+,10?. The number of hydrogen-bond acceptors (Lipinski definition) is 4. The molecular formula is C12H21NO5. The Labute approximate surface area is 107 Å². The zero-order valence-electron chi connectivity index (χ0n) is 11.1. The van der Waals surface area contributed by atoms with Crippen LogP contribution < -0.4 is 0 Å². The average molecular weight is 259 g/mol. The van der Waals surface area contributed by atoms with Gasteiger partial charge in [0.15, 0.2) is 0 Å². The van der Waals surface area contributed by atoms with Crippen LogP contribution in [0.25, 0.3) is 0 Å². The van der Waals surface area contributed by atoms with Crippen molar-refractivity contribution < 1.29 is 24.2 Å². The molecule has 0 bridgehead atoms. The second-order valence-corrected chi connectivity index (χ2v) is 4.60. The number of amides is 1. The highest BCUT2D eigenvalue weighted by molar-refractivity contribution is 5.70. The minimum Gasteiger partial charge on any atom is -0.465 e. The van der Waals surface area contributed by atoms with Crippen LogP contribution in [0.4, 0.5) is 4.79 Å². The summed E-state index contributed by atoms with van der Waals surface area (Å²) in [6.45, 7) is 5.72. The van der Waals surface area contributed by atoms with E-state index in [1.54, 1.807) is 6.92 Å². The molecule has 1 saturated heterocycles. The third kappa shape index (κ3) is 3.87. The van der Waals surface area contributed by atoms with Gasteiger partial charge in [0.2, 0.25) is 0 Å². The van der Waals surface area contributed by atoms with Crippen LogP contribution in [0.2, 0.25) is 0 Å². The molecule has 1 fully saturated rings. The first-order valence-electron chi connectivity index (χ1n) is 6.24. The number of carbonyl (C=O) groups excluding carboxylic acids is 1. The number of esters is 1. The zero-order chi connectivity index (χ0) is 13.7. The molecule has 0 saturated carbocycles. The molecule has 18 heavy (non-hydrogen) atoms. The number of piperidine rings is 1. The maximum Gasteiger partial charge on any atom is 0.407 e. The zero-order valence-corrected chi connectivity index (χ0v) is 11.1. The molecule has 1 aliphatic heterocycles. The Bertz CT molecular complexity index is 295. The van der Waals surface area contributed by atoms with Gasteiger partial charge >= 0.3 is 12.1 Å². The number of hydrogen-bond donors (Lipinski definition) is 1. The van der Waals surface area contributed by atoms with E-state index in [1.807, 2.05) is 13.8 Å². The Kier molecular flexibility index (Phi) is 5.40. The van der Waals surface area contributed by atoms with Crippen LogP contribution >= 0.6 is 0 Å². The molecule has 6 nitrogen and oxygen atoms in total. The summed E-state index contributed by atoms with van der Waals surface area (Å²) in [5.74, 6) is -0.376. The monoisotopic (exact) mass is 259 g/mol. The lowest BCUT2D eigenvalue weighted by atomic mass is 9.95. The SMILES string of the molecule is CCOC(=O)COC1C[C@@H](C)N(C(=O)O)[C@@H](C)C1. The summed E-state index contributed by atoms with van der Waals surface area (Å²) in [6.07, 6.45) is 0.223. The van der Waals surface area contributed by atoms with Crippen molar-refractivity contribution in [1.29, 1.82) is 0 Å². The summed E-state index contributed by atoms with van der Waals surface area (Å²) in [7, 11) is 0. The molecule has 104 valence electrons. The maximum absolute atomic E-state index is 11.2. The fourth-order valence-corrected chi connectivity index (χ4v) is 2.42. The number of ether oxygens (including phenoxy) is 2. The molecule has 0 radical (unpaired) electrons. The molecule has 0 aromatic carbocycles. The van der Waals surface area contributed by atoms with Crippen molar-refractivity contribution >= 4 is 12.1 Å². The summed E-state index contributed by atoms with van der Waals surface area (Å²) < 4.78 is 10.2. The molecular weight excluding hydrogens is 238 g/mol. The second-order valence-electron chi connectivity index (χ2n) is 4.60. The lowest BCUT2D eigenvalue weighted by molar-refractivity contribution is -0.152. The van der Waals surface area contributed by atoms with Crippen molar-refractivity contribution in [2.24, 2.45) is 0 Å². The van der Waals surface area contributed by atoms with E-state index in [0.717, 1.165) is 0 Å². The quantitative estimate of drug-likeness (QED) is 0.774. The van der Waals surface area contributed by atoms with E-state index >= 15 is 0 Å². The van der Waals surface area contributed by atoms with Crippen LogP contribution in [-0.4, -0.2) is 53.5 Å². The van der Waals surface area contributed by atoms with Gasteiger partial charge in [-0.1, -0.05) is 0 Å². The van der Waals surface area contributed by atoms with E-state index in [9.17, 15) is 9.59 Å². The molecule has 0 aromatic rings. The summed E-state index contributed by atoms with van der Waals surface area (Å²) in [5, 5.41) is 9.06. The van der Waals surface area contributed by atoms with Crippen molar-refractivity contribution in [1.82, 2.24) is 4.90 Å². The van der Waals surface area contributed by atoms with Gasteiger partial charge in [0.05, 0.1) is 12.7 Å². The van der Waals surface area contributed by atoms with Crippen LogP contribution in [0.1, 0.15) is 33.6 Å². The van der Waals surface area contributed by atoms with Gasteiger partial charge < -0.3 is 19.5 Å². The lowest BCUT2D eigenvalue weighted by Gasteiger charge is -2.40. The van der Waals surface area contributed by atoms with Gasteiger partial charge in [-0.05, 0) is 33.6 Å². The predicted molar refractivity (Wildman–Crippen MR) is 64.4 cm³/mol. The average Bonchev–Trinajstić information content (AvgIpc) is 2.25. The van der Waals surface area contributed by atoms with Gasteiger partial charge in [-0.3, -0.25) is 0 Å². The van der Waals surface area contributed by atoms with Crippen molar-refractivity contribution in [3.8, 4) is 0 Å². The van der Waals surface area contributed by atoms with Gasteiger partial charge in [0.1, 0.15) is 6.61 Å². The van der Waals surface area contributed by atoms with Gasteiger partial charge in [-0.15, -0.1) is 0 Å².